The van der Waals surface area contributed by atoms with Crippen molar-refractivity contribution in [3.8, 4) is 0 Å². The van der Waals surface area contributed by atoms with Gasteiger partial charge in [-0.3, -0.25) is 4.90 Å². The Bertz CT molecular complexity index is 723. The summed E-state index contributed by atoms with van der Waals surface area (Å²) in [7, 11) is 0. The summed E-state index contributed by atoms with van der Waals surface area (Å²) in [4.78, 5) is 16.6. The van der Waals surface area contributed by atoms with E-state index in [1.165, 1.54) is 23.8 Å². The molecule has 1 N–H and O–H groups in total. The van der Waals surface area contributed by atoms with E-state index < -0.39 is 6.09 Å². The van der Waals surface area contributed by atoms with Crippen LogP contribution in [0.1, 0.15) is 19.3 Å². The Kier molecular flexibility index (Phi) is 5.73. The number of hydrogen-bond acceptors (Lipinski definition) is 5. The van der Waals surface area contributed by atoms with Crippen LogP contribution in [0, 0.1) is 11.7 Å². The van der Waals surface area contributed by atoms with Crippen LogP contribution < -0.4 is 15.1 Å². The molecular formula is C19H24FN3O2S2. The number of nitrogens with zero attached hydrogens (tertiary/aromatic N) is 2. The molecule has 1 saturated carbocycles. The number of amides is 1. The lowest BCUT2D eigenvalue weighted by Gasteiger charge is -2.29. The number of thiocarbonyl (C=S) groups is 1. The van der Waals surface area contributed by atoms with E-state index in [0.717, 1.165) is 41.9 Å². The van der Waals surface area contributed by atoms with Crippen molar-refractivity contribution >= 4 is 46.4 Å². The molecule has 8 heteroatoms. The molecule has 1 amide bonds. The minimum absolute atomic E-state index is 0.281. The molecule has 1 unspecified atom stereocenters. The van der Waals surface area contributed by atoms with Gasteiger partial charge in [0.2, 0.25) is 0 Å². The van der Waals surface area contributed by atoms with Crippen LogP contribution in [-0.4, -0.2) is 54.9 Å². The Morgan fingerprint density at radius 2 is 2.11 bits per heavy atom. The number of rotatable bonds is 6. The smallest absolute Gasteiger partial charge is 0.414 e. The van der Waals surface area contributed by atoms with Gasteiger partial charge < -0.3 is 15.0 Å². The van der Waals surface area contributed by atoms with E-state index in [1.807, 2.05) is 11.8 Å². The first-order valence-corrected chi connectivity index (χ1v) is 11.0. The van der Waals surface area contributed by atoms with Gasteiger partial charge in [-0.05, 0) is 37.0 Å². The predicted molar refractivity (Wildman–Crippen MR) is 111 cm³/mol. The molecule has 0 aromatic heterocycles. The van der Waals surface area contributed by atoms with Crippen molar-refractivity contribution in [2.24, 2.45) is 5.92 Å². The quantitative estimate of drug-likeness (QED) is 0.727. The lowest BCUT2D eigenvalue weighted by atomic mass is 10.2. The molecule has 0 bridgehead atoms. The van der Waals surface area contributed by atoms with Crippen molar-refractivity contribution < 1.29 is 13.9 Å². The van der Waals surface area contributed by atoms with Crippen LogP contribution in [0.4, 0.5) is 20.6 Å². The first-order valence-electron chi connectivity index (χ1n) is 9.47. The van der Waals surface area contributed by atoms with Crippen molar-refractivity contribution in [1.29, 1.82) is 0 Å². The molecule has 2 heterocycles. The third-order valence-corrected chi connectivity index (χ3v) is 6.42. The molecule has 1 aromatic carbocycles. The van der Waals surface area contributed by atoms with Crippen molar-refractivity contribution in [1.82, 2.24) is 5.32 Å². The average molecular weight is 410 g/mol. The van der Waals surface area contributed by atoms with Crippen LogP contribution in [0.25, 0.3) is 0 Å². The summed E-state index contributed by atoms with van der Waals surface area (Å²) in [6, 6.07) is 5.01. The highest BCUT2D eigenvalue weighted by Crippen LogP contribution is 2.32. The summed E-state index contributed by atoms with van der Waals surface area (Å²) in [6.07, 6.45) is 2.71. The molecule has 5 nitrogen and oxygen atoms in total. The fraction of sp³-hybridized carbons (Fsp3) is 0.579. The number of benzene rings is 1. The van der Waals surface area contributed by atoms with Gasteiger partial charge in [0.1, 0.15) is 11.9 Å². The summed E-state index contributed by atoms with van der Waals surface area (Å²) in [5.74, 6) is 2.46. The van der Waals surface area contributed by atoms with Crippen LogP contribution >= 0.6 is 24.0 Å². The number of carbonyl (C=O) groups excluding carboxylic acids is 1. The van der Waals surface area contributed by atoms with Gasteiger partial charge in [0.05, 0.1) is 29.5 Å². The second kappa shape index (κ2) is 8.22. The van der Waals surface area contributed by atoms with Gasteiger partial charge in [0.15, 0.2) is 0 Å². The third-order valence-electron chi connectivity index (χ3n) is 5.17. The molecule has 3 fully saturated rings. The topological polar surface area (TPSA) is 44.8 Å². The van der Waals surface area contributed by atoms with Crippen molar-refractivity contribution in [3.05, 3.63) is 24.0 Å². The van der Waals surface area contributed by atoms with Crippen LogP contribution in [0.5, 0.6) is 0 Å². The maximum Gasteiger partial charge on any atom is 0.414 e. The molecule has 27 heavy (non-hydrogen) atoms. The van der Waals surface area contributed by atoms with Gasteiger partial charge in [-0.2, -0.15) is 11.8 Å². The van der Waals surface area contributed by atoms with Gasteiger partial charge in [-0.25, -0.2) is 9.18 Å². The minimum Gasteiger partial charge on any atom is -0.442 e. The molecule has 2 saturated heterocycles. The van der Waals surface area contributed by atoms with E-state index >= 15 is 0 Å². The molecule has 3 aliphatic rings. The first-order chi connectivity index (χ1) is 13.1. The number of carbonyl (C=O) groups is 1. The fourth-order valence-corrected chi connectivity index (χ4v) is 4.67. The van der Waals surface area contributed by atoms with E-state index in [1.54, 1.807) is 12.1 Å². The number of halogens is 1. The zero-order chi connectivity index (χ0) is 18.8. The molecular weight excluding hydrogens is 385 g/mol. The highest BCUT2D eigenvalue weighted by atomic mass is 32.2. The number of ether oxygens (including phenoxy) is 1. The number of cyclic esters (lactones) is 1. The molecule has 0 radical (unpaired) electrons. The van der Waals surface area contributed by atoms with Gasteiger partial charge in [0.25, 0.3) is 0 Å². The Labute approximate surface area is 168 Å². The monoisotopic (exact) mass is 409 g/mol. The second-order valence-electron chi connectivity index (χ2n) is 7.30. The summed E-state index contributed by atoms with van der Waals surface area (Å²) < 4.78 is 20.1. The van der Waals surface area contributed by atoms with Crippen LogP contribution in [0.15, 0.2) is 18.2 Å². The average Bonchev–Trinajstić information content (AvgIpc) is 3.40. The number of anilines is 2. The van der Waals surface area contributed by atoms with Crippen LogP contribution in [-0.2, 0) is 4.74 Å². The summed E-state index contributed by atoms with van der Waals surface area (Å²) in [5.41, 5.74) is 1.14. The maximum atomic E-state index is 14.6. The van der Waals surface area contributed by atoms with Gasteiger partial charge in [-0.15, -0.1) is 0 Å². The van der Waals surface area contributed by atoms with Crippen LogP contribution in [0.2, 0.25) is 0 Å². The van der Waals surface area contributed by atoms with Gasteiger partial charge >= 0.3 is 6.09 Å². The minimum atomic E-state index is -0.434. The number of hydrogen-bond donors (Lipinski definition) is 1. The van der Waals surface area contributed by atoms with E-state index in [4.69, 9.17) is 17.0 Å². The highest BCUT2D eigenvalue weighted by Gasteiger charge is 2.33. The molecule has 4 rings (SSSR count). The lowest BCUT2D eigenvalue weighted by molar-refractivity contribution is 0.143. The van der Waals surface area contributed by atoms with E-state index in [-0.39, 0.29) is 11.9 Å². The molecule has 1 aliphatic carbocycles. The molecule has 1 aromatic rings. The van der Waals surface area contributed by atoms with Gasteiger partial charge in [0, 0.05) is 31.0 Å². The summed E-state index contributed by atoms with van der Waals surface area (Å²) in [5, 5.41) is 3.20. The summed E-state index contributed by atoms with van der Waals surface area (Å²) >= 11 is 7.22. The van der Waals surface area contributed by atoms with Crippen LogP contribution in [0.3, 0.4) is 0 Å². The normalized spacial score (nSPS) is 22.7. The van der Waals surface area contributed by atoms with Crippen molar-refractivity contribution in [2.75, 3.05) is 47.5 Å². The molecule has 1 atom stereocenters. The Morgan fingerprint density at radius 3 is 2.81 bits per heavy atom. The molecule has 2 aliphatic heterocycles. The largest absolute Gasteiger partial charge is 0.442 e. The molecule has 146 valence electrons. The zero-order valence-electron chi connectivity index (χ0n) is 15.2. The zero-order valence-corrected chi connectivity index (χ0v) is 16.8. The van der Waals surface area contributed by atoms with Crippen molar-refractivity contribution in [2.45, 2.75) is 25.4 Å². The van der Waals surface area contributed by atoms with E-state index in [2.05, 4.69) is 10.2 Å². The number of nitrogens with one attached hydrogen (secondary N) is 1. The van der Waals surface area contributed by atoms with Gasteiger partial charge in [-0.1, -0.05) is 12.2 Å². The third kappa shape index (κ3) is 4.66. The molecule has 0 spiro atoms. The fourth-order valence-electron chi connectivity index (χ4n) is 3.45. The maximum absolute atomic E-state index is 14.6. The van der Waals surface area contributed by atoms with Crippen molar-refractivity contribution in [3.63, 3.8) is 0 Å². The number of thioether (sulfide) groups is 1. The second-order valence-corrected chi connectivity index (χ2v) is 9.02. The summed E-state index contributed by atoms with van der Waals surface area (Å²) in [6.45, 7) is 2.60. The predicted octanol–water partition coefficient (Wildman–Crippen LogP) is 3.42. The highest BCUT2D eigenvalue weighted by molar-refractivity contribution is 7.99. The lowest BCUT2D eigenvalue weighted by Crippen LogP contribution is -2.34. The van der Waals surface area contributed by atoms with E-state index in [9.17, 15) is 9.18 Å². The first kappa shape index (κ1) is 18.8. The standard InChI is InChI=1S/C19H24FN3O2S2/c20-16-10-14(3-4-17(16)22-5-7-27-8-6-22)23-12-15(25-19(23)24)11-21-18(26)9-13-1-2-13/h3-4,10,13,15H,1-2,5-9,11-12H2,(H,21,26). The Hall–Kier alpha value is -1.54. The Balaban J connectivity index is 1.35. The Morgan fingerprint density at radius 1 is 1.33 bits per heavy atom. The van der Waals surface area contributed by atoms with E-state index in [0.29, 0.717) is 24.5 Å². The SMILES string of the molecule is O=C1OC(CNC(=S)CC2CC2)CN1c1ccc(N2CCSCC2)c(F)c1.